The number of nitrogens with two attached hydrogens (primary N) is 1. The van der Waals surface area contributed by atoms with Crippen LogP contribution in [0.1, 0.15) is 12.0 Å². The summed E-state index contributed by atoms with van der Waals surface area (Å²) in [7, 11) is 0. The molecular weight excluding hydrogens is 236 g/mol. The number of carbonyl (C=O) groups is 2. The van der Waals surface area contributed by atoms with Crippen molar-refractivity contribution < 1.29 is 19.8 Å². The maximum Gasteiger partial charge on any atom is 0.321 e. The normalized spacial score (nSPS) is 11.8. The second-order valence-corrected chi connectivity index (χ2v) is 3.92. The smallest absolute Gasteiger partial charge is 0.321 e. The number of aliphatic carboxylic acids is 1. The molecule has 0 aromatic heterocycles. The van der Waals surface area contributed by atoms with E-state index in [2.05, 4.69) is 5.32 Å². The standard InChI is InChI=1S/C12H16N2O4/c13-10(12(17)18)7-11(16)14-6-5-8-1-3-9(15)4-2-8/h1-4,10,15H,5-7,13H2,(H,14,16)(H,17,18)/t10-/m0/s1. The molecule has 0 heterocycles. The quantitative estimate of drug-likeness (QED) is 0.562. The van der Waals surface area contributed by atoms with Crippen molar-refractivity contribution in [2.45, 2.75) is 18.9 Å². The Labute approximate surface area is 104 Å². The molecule has 6 nitrogen and oxygen atoms in total. The lowest BCUT2D eigenvalue weighted by atomic mass is 10.1. The molecule has 0 saturated carbocycles. The monoisotopic (exact) mass is 252 g/mol. The summed E-state index contributed by atoms with van der Waals surface area (Å²) < 4.78 is 0. The third-order valence-electron chi connectivity index (χ3n) is 2.39. The molecule has 5 N–H and O–H groups in total. The van der Waals surface area contributed by atoms with Gasteiger partial charge in [-0.2, -0.15) is 0 Å². The molecule has 1 aromatic carbocycles. The summed E-state index contributed by atoms with van der Waals surface area (Å²) in [6.45, 7) is 0.399. The predicted molar refractivity (Wildman–Crippen MR) is 65.0 cm³/mol. The lowest BCUT2D eigenvalue weighted by Gasteiger charge is -2.07. The summed E-state index contributed by atoms with van der Waals surface area (Å²) in [6, 6.07) is 5.47. The van der Waals surface area contributed by atoms with E-state index in [1.165, 1.54) is 0 Å². The number of carboxylic acids is 1. The van der Waals surface area contributed by atoms with E-state index in [9.17, 15) is 9.59 Å². The van der Waals surface area contributed by atoms with E-state index in [0.717, 1.165) is 5.56 Å². The molecule has 0 aliphatic carbocycles. The van der Waals surface area contributed by atoms with Crippen molar-refractivity contribution in [1.82, 2.24) is 5.32 Å². The lowest BCUT2D eigenvalue weighted by molar-refractivity contribution is -0.140. The van der Waals surface area contributed by atoms with Crippen LogP contribution in [0.5, 0.6) is 5.75 Å². The third kappa shape index (κ3) is 4.84. The van der Waals surface area contributed by atoms with E-state index in [4.69, 9.17) is 15.9 Å². The Kier molecular flexibility index (Phi) is 5.13. The average Bonchev–Trinajstić information content (AvgIpc) is 2.31. The Balaban J connectivity index is 2.27. The van der Waals surface area contributed by atoms with E-state index in [1.807, 2.05) is 0 Å². The zero-order chi connectivity index (χ0) is 13.5. The zero-order valence-electron chi connectivity index (χ0n) is 9.80. The summed E-state index contributed by atoms with van der Waals surface area (Å²) in [5.41, 5.74) is 6.20. The van der Waals surface area contributed by atoms with Crippen LogP contribution in [0.4, 0.5) is 0 Å². The van der Waals surface area contributed by atoms with Gasteiger partial charge in [0.25, 0.3) is 0 Å². The fraction of sp³-hybridized carbons (Fsp3) is 0.333. The number of amides is 1. The van der Waals surface area contributed by atoms with Crippen molar-refractivity contribution in [1.29, 1.82) is 0 Å². The number of nitrogens with one attached hydrogen (secondary N) is 1. The molecule has 1 aromatic rings. The highest BCUT2D eigenvalue weighted by Crippen LogP contribution is 2.09. The van der Waals surface area contributed by atoms with Crippen LogP contribution in [0, 0.1) is 0 Å². The summed E-state index contributed by atoms with van der Waals surface area (Å²) in [4.78, 5) is 21.7. The summed E-state index contributed by atoms with van der Waals surface area (Å²) in [5.74, 6) is -1.39. The highest BCUT2D eigenvalue weighted by molar-refractivity contribution is 5.84. The number of aromatic hydroxyl groups is 1. The molecule has 1 rings (SSSR count). The maximum absolute atomic E-state index is 11.3. The maximum atomic E-state index is 11.3. The molecule has 18 heavy (non-hydrogen) atoms. The first-order valence-electron chi connectivity index (χ1n) is 5.52. The Bertz CT molecular complexity index is 417. The second-order valence-electron chi connectivity index (χ2n) is 3.92. The number of hydrogen-bond donors (Lipinski definition) is 4. The molecule has 0 aliphatic heterocycles. The topological polar surface area (TPSA) is 113 Å². The molecule has 98 valence electrons. The molecule has 1 amide bonds. The van der Waals surface area contributed by atoms with Crippen molar-refractivity contribution in [3.8, 4) is 5.75 Å². The van der Waals surface area contributed by atoms with E-state index < -0.39 is 12.0 Å². The van der Waals surface area contributed by atoms with Crippen LogP contribution >= 0.6 is 0 Å². The van der Waals surface area contributed by atoms with Crippen LogP contribution in [0.15, 0.2) is 24.3 Å². The molecule has 6 heteroatoms. The highest BCUT2D eigenvalue weighted by Gasteiger charge is 2.15. The highest BCUT2D eigenvalue weighted by atomic mass is 16.4. The first-order chi connectivity index (χ1) is 8.49. The fourth-order valence-electron chi connectivity index (χ4n) is 1.37. The number of hydrogen-bond acceptors (Lipinski definition) is 4. The van der Waals surface area contributed by atoms with Crippen molar-refractivity contribution >= 4 is 11.9 Å². The van der Waals surface area contributed by atoms with Gasteiger partial charge in [0.15, 0.2) is 0 Å². The molecule has 0 unspecified atom stereocenters. The van der Waals surface area contributed by atoms with Crippen LogP contribution in [-0.4, -0.2) is 34.7 Å². The van der Waals surface area contributed by atoms with E-state index in [-0.39, 0.29) is 18.1 Å². The molecular formula is C12H16N2O4. The number of carbonyl (C=O) groups excluding carboxylic acids is 1. The van der Waals surface area contributed by atoms with Crippen LogP contribution in [0.25, 0.3) is 0 Å². The zero-order valence-corrected chi connectivity index (χ0v) is 9.80. The molecule has 0 aliphatic rings. The lowest BCUT2D eigenvalue weighted by Crippen LogP contribution is -2.37. The Hall–Kier alpha value is -2.08. The van der Waals surface area contributed by atoms with Crippen molar-refractivity contribution in [2.75, 3.05) is 6.54 Å². The average molecular weight is 252 g/mol. The third-order valence-corrected chi connectivity index (χ3v) is 2.39. The molecule has 1 atom stereocenters. The van der Waals surface area contributed by atoms with E-state index in [0.29, 0.717) is 13.0 Å². The Morgan fingerprint density at radius 3 is 2.44 bits per heavy atom. The van der Waals surface area contributed by atoms with Gasteiger partial charge in [-0.1, -0.05) is 12.1 Å². The van der Waals surface area contributed by atoms with Crippen LogP contribution in [0.3, 0.4) is 0 Å². The van der Waals surface area contributed by atoms with Crippen LogP contribution in [-0.2, 0) is 16.0 Å². The van der Waals surface area contributed by atoms with E-state index >= 15 is 0 Å². The van der Waals surface area contributed by atoms with Crippen molar-refractivity contribution in [3.05, 3.63) is 29.8 Å². The van der Waals surface area contributed by atoms with Gasteiger partial charge in [0.05, 0.1) is 6.42 Å². The minimum atomic E-state index is -1.19. The Morgan fingerprint density at radius 2 is 1.89 bits per heavy atom. The van der Waals surface area contributed by atoms with E-state index in [1.54, 1.807) is 24.3 Å². The van der Waals surface area contributed by atoms with Crippen molar-refractivity contribution in [2.24, 2.45) is 5.73 Å². The molecule has 0 saturated heterocycles. The van der Waals surface area contributed by atoms with Crippen LogP contribution < -0.4 is 11.1 Å². The number of phenols is 1. The first-order valence-corrected chi connectivity index (χ1v) is 5.52. The second kappa shape index (κ2) is 6.61. The van der Waals surface area contributed by atoms with Gasteiger partial charge in [0.1, 0.15) is 11.8 Å². The molecule has 0 radical (unpaired) electrons. The van der Waals surface area contributed by atoms with Crippen LogP contribution in [0.2, 0.25) is 0 Å². The van der Waals surface area contributed by atoms with Gasteiger partial charge in [-0.15, -0.1) is 0 Å². The summed E-state index contributed by atoms with van der Waals surface area (Å²) >= 11 is 0. The molecule has 0 spiro atoms. The number of rotatable bonds is 6. The van der Waals surface area contributed by atoms with Gasteiger partial charge in [-0.25, -0.2) is 0 Å². The van der Waals surface area contributed by atoms with Gasteiger partial charge in [0.2, 0.25) is 5.91 Å². The molecule has 0 fully saturated rings. The van der Waals surface area contributed by atoms with Gasteiger partial charge < -0.3 is 21.3 Å². The predicted octanol–water partition coefficient (Wildman–Crippen LogP) is -0.147. The van der Waals surface area contributed by atoms with Crippen molar-refractivity contribution in [3.63, 3.8) is 0 Å². The minimum absolute atomic E-state index is 0.190. The first kappa shape index (κ1) is 14.0. The van der Waals surface area contributed by atoms with Gasteiger partial charge in [0, 0.05) is 6.54 Å². The number of benzene rings is 1. The Morgan fingerprint density at radius 1 is 1.28 bits per heavy atom. The SMILES string of the molecule is N[C@@H](CC(=O)NCCc1ccc(O)cc1)C(=O)O. The largest absolute Gasteiger partial charge is 0.508 e. The van der Waals surface area contributed by atoms with Gasteiger partial charge in [-0.05, 0) is 24.1 Å². The van der Waals surface area contributed by atoms with Gasteiger partial charge in [-0.3, -0.25) is 9.59 Å². The molecule has 0 bridgehead atoms. The number of carboxylic acid groups (broad SMARTS) is 1. The minimum Gasteiger partial charge on any atom is -0.508 e. The van der Waals surface area contributed by atoms with Gasteiger partial charge >= 0.3 is 5.97 Å². The summed E-state index contributed by atoms with van der Waals surface area (Å²) in [6.07, 6.45) is 0.374. The fourth-order valence-corrected chi connectivity index (χ4v) is 1.37. The number of phenolic OH excluding ortho intramolecular Hbond substituents is 1. The summed E-state index contributed by atoms with van der Waals surface area (Å²) in [5, 5.41) is 20.2.